The van der Waals surface area contributed by atoms with E-state index in [9.17, 15) is 5.11 Å². The molecule has 3 nitrogen and oxygen atoms in total. The van der Waals surface area contributed by atoms with Crippen molar-refractivity contribution in [2.45, 2.75) is 31.3 Å². The summed E-state index contributed by atoms with van der Waals surface area (Å²) in [5.41, 5.74) is 3.39. The molecule has 2 aromatic rings. The molecule has 0 saturated heterocycles. The highest BCUT2D eigenvalue weighted by Gasteiger charge is 2.29. The number of thiazole rings is 1. The van der Waals surface area contributed by atoms with Crippen molar-refractivity contribution in [3.05, 3.63) is 40.9 Å². The van der Waals surface area contributed by atoms with Gasteiger partial charge in [0.05, 0.1) is 18.2 Å². The first-order valence-corrected chi connectivity index (χ1v) is 8.66. The fraction of sp³-hybridized carbons (Fsp3) is 0.438. The Bertz CT molecular complexity index is 597. The minimum Gasteiger partial charge on any atom is -0.395 e. The molecule has 1 heterocycles. The maximum atomic E-state index is 9.25. The molecule has 1 aromatic carbocycles. The number of aliphatic hydroxyl groups is 1. The van der Waals surface area contributed by atoms with Crippen molar-refractivity contribution in [2.75, 3.05) is 13.2 Å². The first kappa shape index (κ1) is 15.0. The number of aliphatic hydroxyl groups excluding tert-OH is 1. The van der Waals surface area contributed by atoms with Gasteiger partial charge in [-0.05, 0) is 18.4 Å². The Balaban J connectivity index is 1.84. The van der Waals surface area contributed by atoms with Gasteiger partial charge in [-0.15, -0.1) is 22.9 Å². The SMILES string of the molecule is OCCN(Cc1ccccc1-c1nc(CCl)cs1)C1CC1. The molecule has 3 rings (SSSR count). The van der Waals surface area contributed by atoms with Crippen LogP contribution in [0, 0.1) is 0 Å². The molecule has 0 atom stereocenters. The molecule has 0 radical (unpaired) electrons. The van der Waals surface area contributed by atoms with Gasteiger partial charge < -0.3 is 5.11 Å². The van der Waals surface area contributed by atoms with Gasteiger partial charge in [-0.1, -0.05) is 24.3 Å². The van der Waals surface area contributed by atoms with E-state index in [1.165, 1.54) is 24.0 Å². The largest absolute Gasteiger partial charge is 0.395 e. The zero-order chi connectivity index (χ0) is 14.7. The maximum Gasteiger partial charge on any atom is 0.123 e. The Morgan fingerprint density at radius 2 is 2.14 bits per heavy atom. The second-order valence-corrected chi connectivity index (χ2v) is 6.49. The van der Waals surface area contributed by atoms with Crippen LogP contribution in [0.15, 0.2) is 29.6 Å². The lowest BCUT2D eigenvalue weighted by Crippen LogP contribution is -2.28. The summed E-state index contributed by atoms with van der Waals surface area (Å²) >= 11 is 7.49. The topological polar surface area (TPSA) is 36.4 Å². The van der Waals surface area contributed by atoms with Crippen LogP contribution in [0.25, 0.3) is 10.6 Å². The molecule has 112 valence electrons. The maximum absolute atomic E-state index is 9.25. The van der Waals surface area contributed by atoms with Gasteiger partial charge >= 0.3 is 0 Å². The fourth-order valence-corrected chi connectivity index (χ4v) is 3.64. The van der Waals surface area contributed by atoms with Gasteiger partial charge in [-0.3, -0.25) is 4.90 Å². The van der Waals surface area contributed by atoms with Crippen LogP contribution >= 0.6 is 22.9 Å². The van der Waals surface area contributed by atoms with Crippen molar-refractivity contribution in [3.8, 4) is 10.6 Å². The van der Waals surface area contributed by atoms with Crippen LogP contribution < -0.4 is 0 Å². The highest BCUT2D eigenvalue weighted by atomic mass is 35.5. The lowest BCUT2D eigenvalue weighted by Gasteiger charge is -2.22. The van der Waals surface area contributed by atoms with Gasteiger partial charge in [0.1, 0.15) is 5.01 Å². The van der Waals surface area contributed by atoms with E-state index in [1.807, 2.05) is 11.4 Å². The van der Waals surface area contributed by atoms with Gasteiger partial charge in [0, 0.05) is 30.1 Å². The Labute approximate surface area is 134 Å². The number of nitrogens with zero attached hydrogens (tertiary/aromatic N) is 2. The molecule has 1 aliphatic rings. The summed E-state index contributed by atoms with van der Waals surface area (Å²) in [4.78, 5) is 6.96. The average molecular weight is 323 g/mol. The number of hydrogen-bond donors (Lipinski definition) is 1. The third kappa shape index (κ3) is 3.64. The number of aromatic nitrogens is 1. The number of hydrogen-bond acceptors (Lipinski definition) is 4. The van der Waals surface area contributed by atoms with Crippen LogP contribution in [-0.4, -0.2) is 34.2 Å². The molecule has 0 bridgehead atoms. The lowest BCUT2D eigenvalue weighted by atomic mass is 10.1. The number of rotatable bonds is 7. The van der Waals surface area contributed by atoms with Crippen LogP contribution in [0.3, 0.4) is 0 Å². The van der Waals surface area contributed by atoms with Crippen molar-refractivity contribution in [1.29, 1.82) is 0 Å². The van der Waals surface area contributed by atoms with Crippen molar-refractivity contribution in [2.24, 2.45) is 0 Å². The fourth-order valence-electron chi connectivity index (χ4n) is 2.54. The van der Waals surface area contributed by atoms with Crippen LogP contribution in [0.5, 0.6) is 0 Å². The molecule has 1 aliphatic carbocycles. The quantitative estimate of drug-likeness (QED) is 0.793. The summed E-state index contributed by atoms with van der Waals surface area (Å²) in [7, 11) is 0. The van der Waals surface area contributed by atoms with E-state index in [0.717, 1.165) is 23.8 Å². The summed E-state index contributed by atoms with van der Waals surface area (Å²) < 4.78 is 0. The molecule has 0 aliphatic heterocycles. The second-order valence-electron chi connectivity index (χ2n) is 5.36. The van der Waals surface area contributed by atoms with E-state index in [2.05, 4.69) is 28.1 Å². The molecule has 21 heavy (non-hydrogen) atoms. The predicted octanol–water partition coefficient (Wildman–Crippen LogP) is 3.51. The Morgan fingerprint density at radius 3 is 2.81 bits per heavy atom. The smallest absolute Gasteiger partial charge is 0.123 e. The third-order valence-electron chi connectivity index (χ3n) is 3.76. The van der Waals surface area contributed by atoms with Gasteiger partial charge in [0.15, 0.2) is 0 Å². The molecule has 5 heteroatoms. The molecule has 1 aromatic heterocycles. The number of halogens is 1. The molecule has 1 fully saturated rings. The van der Waals surface area contributed by atoms with E-state index in [-0.39, 0.29) is 6.61 Å². The standard InChI is InChI=1S/C16H19ClN2OS/c17-9-13-11-21-16(18-13)15-4-2-1-3-12(15)10-19(7-8-20)14-5-6-14/h1-4,11,14,20H,5-10H2. The highest BCUT2D eigenvalue weighted by Crippen LogP contribution is 2.32. The normalized spacial score (nSPS) is 14.8. The Hall–Kier alpha value is -0.940. The van der Waals surface area contributed by atoms with Crippen molar-refractivity contribution in [3.63, 3.8) is 0 Å². The molecule has 1 saturated carbocycles. The van der Waals surface area contributed by atoms with Gasteiger partial charge in [0.25, 0.3) is 0 Å². The number of benzene rings is 1. The molecule has 0 unspecified atom stereocenters. The third-order valence-corrected chi connectivity index (χ3v) is 4.96. The highest BCUT2D eigenvalue weighted by molar-refractivity contribution is 7.13. The van der Waals surface area contributed by atoms with E-state index in [1.54, 1.807) is 11.3 Å². The summed E-state index contributed by atoms with van der Waals surface area (Å²) in [6, 6.07) is 9.03. The lowest BCUT2D eigenvalue weighted by molar-refractivity contribution is 0.183. The van der Waals surface area contributed by atoms with Crippen LogP contribution in [0.4, 0.5) is 0 Å². The molecule has 0 spiro atoms. The van der Waals surface area contributed by atoms with E-state index in [4.69, 9.17) is 11.6 Å². The molecule has 1 N–H and O–H groups in total. The van der Waals surface area contributed by atoms with Crippen LogP contribution in [0.2, 0.25) is 0 Å². The van der Waals surface area contributed by atoms with E-state index < -0.39 is 0 Å². The summed E-state index contributed by atoms with van der Waals surface area (Å²) in [6.07, 6.45) is 2.49. The summed E-state index contributed by atoms with van der Waals surface area (Å²) in [5.74, 6) is 0.456. The summed E-state index contributed by atoms with van der Waals surface area (Å²) in [5, 5.41) is 12.3. The minimum atomic E-state index is 0.215. The number of alkyl halides is 1. The van der Waals surface area contributed by atoms with E-state index >= 15 is 0 Å². The van der Waals surface area contributed by atoms with Gasteiger partial charge in [0.2, 0.25) is 0 Å². The Kier molecular flexibility index (Phi) is 4.91. The van der Waals surface area contributed by atoms with E-state index in [0.29, 0.717) is 11.9 Å². The van der Waals surface area contributed by atoms with Crippen LogP contribution in [-0.2, 0) is 12.4 Å². The minimum absolute atomic E-state index is 0.215. The van der Waals surface area contributed by atoms with Crippen molar-refractivity contribution >= 4 is 22.9 Å². The monoisotopic (exact) mass is 322 g/mol. The van der Waals surface area contributed by atoms with Gasteiger partial charge in [-0.2, -0.15) is 0 Å². The molecule has 0 amide bonds. The first-order chi connectivity index (χ1) is 10.3. The first-order valence-electron chi connectivity index (χ1n) is 7.25. The molecular formula is C16H19ClN2OS. The summed E-state index contributed by atoms with van der Waals surface area (Å²) in [6.45, 7) is 1.83. The predicted molar refractivity (Wildman–Crippen MR) is 87.6 cm³/mol. The average Bonchev–Trinajstić information content (AvgIpc) is 3.25. The zero-order valence-electron chi connectivity index (χ0n) is 11.8. The zero-order valence-corrected chi connectivity index (χ0v) is 13.4. The van der Waals surface area contributed by atoms with Crippen molar-refractivity contribution in [1.82, 2.24) is 9.88 Å². The van der Waals surface area contributed by atoms with Crippen molar-refractivity contribution < 1.29 is 5.11 Å². The Morgan fingerprint density at radius 1 is 1.33 bits per heavy atom. The van der Waals surface area contributed by atoms with Gasteiger partial charge in [-0.25, -0.2) is 4.98 Å². The molecular weight excluding hydrogens is 304 g/mol. The second kappa shape index (κ2) is 6.88. The van der Waals surface area contributed by atoms with Crippen LogP contribution in [0.1, 0.15) is 24.1 Å².